The number of aliphatic hydroxyl groups excluding tert-OH is 1. The first kappa shape index (κ1) is 84.1. The lowest BCUT2D eigenvalue weighted by atomic mass is 10.0. The van der Waals surface area contributed by atoms with Crippen LogP contribution in [0.4, 0.5) is 0 Å². The van der Waals surface area contributed by atoms with Crippen LogP contribution in [-0.2, 0) is 65.4 Å². The highest BCUT2D eigenvalue weighted by Crippen LogP contribution is 2.45. The zero-order valence-corrected chi connectivity index (χ0v) is 57.7. The SMILES string of the molecule is CC(C)CCCCCCCCCCCCCCC(=O)O[C@H](COC(=O)CCCCCCCCCCCC(C)C)COP(=O)(O)OC[C@@H](O)COP(=O)(O)OC[C@@H](COC(=O)CCCCCCCCC(C)C)OC(=O)CCCCCCCCCC(C)C. The van der Waals surface area contributed by atoms with E-state index in [-0.39, 0.29) is 25.7 Å². The van der Waals surface area contributed by atoms with E-state index < -0.39 is 97.5 Å². The summed E-state index contributed by atoms with van der Waals surface area (Å²) in [4.78, 5) is 72.3. The van der Waals surface area contributed by atoms with Gasteiger partial charge in [-0.05, 0) is 49.4 Å². The van der Waals surface area contributed by atoms with Crippen molar-refractivity contribution >= 4 is 39.5 Å². The van der Waals surface area contributed by atoms with E-state index in [4.69, 9.17) is 37.0 Å². The molecule has 3 N–H and O–H groups in total. The van der Waals surface area contributed by atoms with Crippen LogP contribution in [0.5, 0.6) is 0 Å². The van der Waals surface area contributed by atoms with Gasteiger partial charge in [0.05, 0.1) is 26.4 Å². The number of rotatable bonds is 64. The quantitative estimate of drug-likeness (QED) is 0.0222. The highest BCUT2D eigenvalue weighted by Gasteiger charge is 2.30. The molecule has 0 saturated heterocycles. The molecular formula is C67H130O17P2. The zero-order chi connectivity index (χ0) is 63.9. The van der Waals surface area contributed by atoms with Crippen LogP contribution >= 0.6 is 15.6 Å². The molecule has 0 bridgehead atoms. The average Bonchev–Trinajstić information content (AvgIpc) is 3.67. The van der Waals surface area contributed by atoms with Crippen molar-refractivity contribution in [2.24, 2.45) is 23.7 Å². The minimum Gasteiger partial charge on any atom is -0.462 e. The summed E-state index contributed by atoms with van der Waals surface area (Å²) in [6.07, 6.45) is 37.8. The van der Waals surface area contributed by atoms with Crippen LogP contribution in [0, 0.1) is 23.7 Å². The van der Waals surface area contributed by atoms with E-state index in [9.17, 15) is 43.2 Å². The Bertz CT molecular complexity index is 1710. The molecule has 5 atom stereocenters. The molecule has 0 aromatic carbocycles. The Hall–Kier alpha value is -1.94. The number of hydrogen-bond acceptors (Lipinski definition) is 15. The van der Waals surface area contributed by atoms with Crippen molar-refractivity contribution in [3.05, 3.63) is 0 Å². The standard InChI is InChI=1S/C67H130O17P2/c1-57(2)43-35-27-19-14-11-9-10-12-16-23-33-41-49-66(71)83-62(53-77-64(69)47-39-31-22-17-13-15-20-28-36-44-58(3)4)55-81-85(73,74)79-51-61(68)52-80-86(75,76)82-56-63(54-78-65(70)48-40-32-26-25-30-38-46-60(7)8)84-67(72)50-42-34-24-18-21-29-37-45-59(5)6/h57-63,68H,9-56H2,1-8H3,(H,73,74)(H,75,76)/t61-,62-,63-/m1/s1. The van der Waals surface area contributed by atoms with Gasteiger partial charge in [0.2, 0.25) is 0 Å². The third-order valence-corrected chi connectivity index (χ3v) is 17.2. The Balaban J connectivity index is 5.24. The maximum atomic E-state index is 13.0. The van der Waals surface area contributed by atoms with Gasteiger partial charge in [-0.3, -0.25) is 37.3 Å². The van der Waals surface area contributed by atoms with Gasteiger partial charge in [0.25, 0.3) is 0 Å². The van der Waals surface area contributed by atoms with Gasteiger partial charge in [-0.1, -0.05) is 274 Å². The fourth-order valence-electron chi connectivity index (χ4n) is 9.96. The molecule has 0 aliphatic rings. The molecule has 0 rings (SSSR count). The minimum atomic E-state index is -4.95. The molecule has 0 saturated carbocycles. The van der Waals surface area contributed by atoms with E-state index in [0.717, 1.165) is 108 Å². The van der Waals surface area contributed by atoms with Crippen molar-refractivity contribution < 1.29 is 80.2 Å². The molecule has 0 fully saturated rings. The predicted molar refractivity (Wildman–Crippen MR) is 344 cm³/mol. The van der Waals surface area contributed by atoms with Crippen LogP contribution < -0.4 is 0 Å². The fraction of sp³-hybridized carbons (Fsp3) is 0.940. The minimum absolute atomic E-state index is 0.102. The topological polar surface area (TPSA) is 237 Å². The lowest BCUT2D eigenvalue weighted by Crippen LogP contribution is -2.30. The van der Waals surface area contributed by atoms with Crippen LogP contribution in [-0.4, -0.2) is 96.7 Å². The largest absolute Gasteiger partial charge is 0.472 e. The van der Waals surface area contributed by atoms with Crippen LogP contribution in [0.3, 0.4) is 0 Å². The number of unbranched alkanes of at least 4 members (excludes halogenated alkanes) is 30. The first-order chi connectivity index (χ1) is 41.1. The van der Waals surface area contributed by atoms with Gasteiger partial charge in [0.1, 0.15) is 19.3 Å². The third-order valence-electron chi connectivity index (χ3n) is 15.3. The summed E-state index contributed by atoms with van der Waals surface area (Å²) < 4.78 is 68.1. The molecule has 0 aromatic rings. The molecule has 0 heterocycles. The van der Waals surface area contributed by atoms with E-state index in [1.165, 1.54) is 122 Å². The zero-order valence-electron chi connectivity index (χ0n) is 55.9. The van der Waals surface area contributed by atoms with Crippen molar-refractivity contribution in [3.8, 4) is 0 Å². The van der Waals surface area contributed by atoms with Crippen LogP contribution in [0.25, 0.3) is 0 Å². The van der Waals surface area contributed by atoms with E-state index in [2.05, 4.69) is 55.4 Å². The molecule has 0 amide bonds. The van der Waals surface area contributed by atoms with Gasteiger partial charge in [-0.15, -0.1) is 0 Å². The number of phosphoric acid groups is 2. The van der Waals surface area contributed by atoms with Crippen LogP contribution in [0.15, 0.2) is 0 Å². The number of carbonyl (C=O) groups excluding carboxylic acids is 4. The molecule has 510 valence electrons. The summed E-state index contributed by atoms with van der Waals surface area (Å²) in [5.74, 6) is 0.758. The van der Waals surface area contributed by atoms with Gasteiger partial charge in [-0.25, -0.2) is 9.13 Å². The first-order valence-electron chi connectivity index (χ1n) is 34.7. The van der Waals surface area contributed by atoms with E-state index in [1.54, 1.807) is 0 Å². The van der Waals surface area contributed by atoms with Gasteiger partial charge in [0, 0.05) is 25.7 Å². The second-order valence-electron chi connectivity index (χ2n) is 26.1. The Morgan fingerprint density at radius 1 is 0.291 bits per heavy atom. The summed E-state index contributed by atoms with van der Waals surface area (Å²) in [6.45, 7) is 14.0. The van der Waals surface area contributed by atoms with Crippen molar-refractivity contribution in [1.82, 2.24) is 0 Å². The monoisotopic (exact) mass is 1270 g/mol. The molecule has 0 aromatic heterocycles. The van der Waals surface area contributed by atoms with Crippen molar-refractivity contribution in [2.45, 2.75) is 343 Å². The van der Waals surface area contributed by atoms with Gasteiger partial charge in [0.15, 0.2) is 12.2 Å². The maximum absolute atomic E-state index is 13.0. The van der Waals surface area contributed by atoms with Crippen molar-refractivity contribution in [1.29, 1.82) is 0 Å². The first-order valence-corrected chi connectivity index (χ1v) is 37.7. The fourth-order valence-corrected chi connectivity index (χ4v) is 11.5. The highest BCUT2D eigenvalue weighted by atomic mass is 31.2. The van der Waals surface area contributed by atoms with Gasteiger partial charge < -0.3 is 33.8 Å². The van der Waals surface area contributed by atoms with Crippen molar-refractivity contribution in [2.75, 3.05) is 39.6 Å². The molecular weight excluding hydrogens is 1140 g/mol. The Morgan fingerprint density at radius 2 is 0.488 bits per heavy atom. The molecule has 19 heteroatoms. The Kier molecular flexibility index (Phi) is 55.7. The second kappa shape index (κ2) is 57.0. The van der Waals surface area contributed by atoms with E-state index in [0.29, 0.717) is 37.5 Å². The third kappa shape index (κ3) is 60.9. The summed E-state index contributed by atoms with van der Waals surface area (Å²) in [7, 11) is -9.89. The molecule has 0 radical (unpaired) electrons. The number of hydrogen-bond donors (Lipinski definition) is 3. The summed E-state index contributed by atoms with van der Waals surface area (Å²) >= 11 is 0. The van der Waals surface area contributed by atoms with Crippen LogP contribution in [0.2, 0.25) is 0 Å². The molecule has 0 aliphatic heterocycles. The number of aliphatic hydroxyl groups is 1. The highest BCUT2D eigenvalue weighted by molar-refractivity contribution is 7.47. The molecule has 0 aliphatic carbocycles. The lowest BCUT2D eigenvalue weighted by Gasteiger charge is -2.21. The molecule has 86 heavy (non-hydrogen) atoms. The van der Waals surface area contributed by atoms with Crippen LogP contribution in [0.1, 0.15) is 325 Å². The number of ether oxygens (including phenoxy) is 4. The Morgan fingerprint density at radius 3 is 0.721 bits per heavy atom. The number of phosphoric ester groups is 2. The molecule has 17 nitrogen and oxygen atoms in total. The van der Waals surface area contributed by atoms with Crippen molar-refractivity contribution in [3.63, 3.8) is 0 Å². The molecule has 2 unspecified atom stereocenters. The molecule has 0 spiro atoms. The second-order valence-corrected chi connectivity index (χ2v) is 29.0. The van der Waals surface area contributed by atoms with Gasteiger partial charge in [-0.2, -0.15) is 0 Å². The summed E-state index contributed by atoms with van der Waals surface area (Å²) in [5, 5.41) is 10.6. The maximum Gasteiger partial charge on any atom is 0.472 e. The van der Waals surface area contributed by atoms with Gasteiger partial charge >= 0.3 is 39.5 Å². The summed E-state index contributed by atoms with van der Waals surface area (Å²) in [5.41, 5.74) is 0. The Labute approximate surface area is 524 Å². The van der Waals surface area contributed by atoms with E-state index in [1.807, 2.05) is 0 Å². The normalized spacial score (nSPS) is 14.4. The number of carbonyl (C=O) groups is 4. The number of esters is 4. The van der Waals surface area contributed by atoms with E-state index >= 15 is 0 Å². The summed E-state index contributed by atoms with van der Waals surface area (Å²) in [6, 6.07) is 0. The average molecular weight is 1270 g/mol. The lowest BCUT2D eigenvalue weighted by molar-refractivity contribution is -0.161. The smallest absolute Gasteiger partial charge is 0.462 e. The predicted octanol–water partition coefficient (Wildman–Crippen LogP) is 18.5.